The van der Waals surface area contributed by atoms with Crippen molar-refractivity contribution >= 4 is 22.6 Å². The van der Waals surface area contributed by atoms with Crippen molar-refractivity contribution in [3.63, 3.8) is 0 Å². The van der Waals surface area contributed by atoms with Gasteiger partial charge in [0.15, 0.2) is 5.82 Å². The lowest BCUT2D eigenvalue weighted by Gasteiger charge is -2.39. The van der Waals surface area contributed by atoms with Gasteiger partial charge in [0.1, 0.15) is 0 Å². The Hall–Kier alpha value is -2.89. The summed E-state index contributed by atoms with van der Waals surface area (Å²) in [6.07, 6.45) is 2.46. The van der Waals surface area contributed by atoms with Crippen molar-refractivity contribution in [3.8, 4) is 0 Å². The van der Waals surface area contributed by atoms with E-state index in [2.05, 4.69) is 37.1 Å². The van der Waals surface area contributed by atoms with Gasteiger partial charge in [0, 0.05) is 49.7 Å². The van der Waals surface area contributed by atoms with Crippen LogP contribution in [0.25, 0.3) is 10.9 Å². The first kappa shape index (κ1) is 16.6. The Labute approximate surface area is 152 Å². The SMILES string of the molecule is Cc1ccc(N2CC(CNC(=O)Cc3cn(C)c4ccccc34)C2)nn1. The zero-order valence-corrected chi connectivity index (χ0v) is 15.1. The van der Waals surface area contributed by atoms with Crippen LogP contribution in [0.2, 0.25) is 0 Å². The molecule has 1 aliphatic rings. The van der Waals surface area contributed by atoms with Crippen molar-refractivity contribution in [1.82, 2.24) is 20.1 Å². The van der Waals surface area contributed by atoms with Gasteiger partial charge in [0.25, 0.3) is 0 Å². The summed E-state index contributed by atoms with van der Waals surface area (Å²) in [5.41, 5.74) is 3.15. The number of carbonyl (C=O) groups excluding carboxylic acids is 1. The van der Waals surface area contributed by atoms with Crippen molar-refractivity contribution in [2.75, 3.05) is 24.5 Å². The Morgan fingerprint density at radius 1 is 1.19 bits per heavy atom. The van der Waals surface area contributed by atoms with E-state index in [0.717, 1.165) is 41.1 Å². The van der Waals surface area contributed by atoms with Crippen LogP contribution in [-0.4, -0.2) is 40.3 Å². The number of hydrogen-bond donors (Lipinski definition) is 1. The van der Waals surface area contributed by atoms with Gasteiger partial charge in [-0.3, -0.25) is 4.79 Å². The Bertz CT molecular complexity index is 925. The third-order valence-electron chi connectivity index (χ3n) is 4.98. The van der Waals surface area contributed by atoms with Crippen LogP contribution in [0, 0.1) is 12.8 Å². The molecular weight excluding hydrogens is 326 g/mol. The zero-order valence-electron chi connectivity index (χ0n) is 15.1. The van der Waals surface area contributed by atoms with Crippen molar-refractivity contribution in [3.05, 3.63) is 53.9 Å². The van der Waals surface area contributed by atoms with Gasteiger partial charge in [-0.25, -0.2) is 0 Å². The van der Waals surface area contributed by atoms with Crippen molar-refractivity contribution in [1.29, 1.82) is 0 Å². The fourth-order valence-corrected chi connectivity index (χ4v) is 3.51. The van der Waals surface area contributed by atoms with Gasteiger partial charge >= 0.3 is 0 Å². The molecule has 134 valence electrons. The van der Waals surface area contributed by atoms with Crippen LogP contribution in [0.5, 0.6) is 0 Å². The minimum absolute atomic E-state index is 0.0786. The molecular formula is C20H23N5O. The van der Waals surface area contributed by atoms with Crippen LogP contribution >= 0.6 is 0 Å². The van der Waals surface area contributed by atoms with E-state index >= 15 is 0 Å². The number of nitrogens with one attached hydrogen (secondary N) is 1. The first-order valence-corrected chi connectivity index (χ1v) is 8.95. The fourth-order valence-electron chi connectivity index (χ4n) is 3.51. The molecule has 0 spiro atoms. The van der Waals surface area contributed by atoms with Crippen LogP contribution in [-0.2, 0) is 18.3 Å². The number of hydrogen-bond acceptors (Lipinski definition) is 4. The summed E-state index contributed by atoms with van der Waals surface area (Å²) in [5, 5.41) is 12.5. The van der Waals surface area contributed by atoms with Gasteiger partial charge in [-0.2, -0.15) is 5.10 Å². The van der Waals surface area contributed by atoms with Crippen molar-refractivity contribution in [2.24, 2.45) is 13.0 Å². The number of carbonyl (C=O) groups is 1. The summed E-state index contributed by atoms with van der Waals surface area (Å²) in [7, 11) is 2.01. The molecule has 1 aliphatic heterocycles. The Kier molecular flexibility index (Phi) is 4.32. The molecule has 1 fully saturated rings. The predicted octanol–water partition coefficient (Wildman–Crippen LogP) is 2.07. The number of nitrogens with zero attached hydrogens (tertiary/aromatic N) is 4. The van der Waals surface area contributed by atoms with Gasteiger partial charge in [-0.15, -0.1) is 5.10 Å². The van der Waals surface area contributed by atoms with Crippen LogP contribution in [0.1, 0.15) is 11.3 Å². The molecule has 0 radical (unpaired) electrons. The third-order valence-corrected chi connectivity index (χ3v) is 4.98. The molecule has 3 aromatic rings. The maximum Gasteiger partial charge on any atom is 0.224 e. The molecule has 6 heteroatoms. The molecule has 1 N–H and O–H groups in total. The molecule has 1 amide bonds. The number of rotatable bonds is 5. The predicted molar refractivity (Wildman–Crippen MR) is 102 cm³/mol. The zero-order chi connectivity index (χ0) is 18.1. The number of para-hydroxylation sites is 1. The van der Waals surface area contributed by atoms with Crippen LogP contribution in [0.4, 0.5) is 5.82 Å². The second-order valence-electron chi connectivity index (χ2n) is 7.07. The fraction of sp³-hybridized carbons (Fsp3) is 0.350. The van der Waals surface area contributed by atoms with Gasteiger partial charge in [0.05, 0.1) is 12.1 Å². The van der Waals surface area contributed by atoms with E-state index in [-0.39, 0.29) is 5.91 Å². The smallest absolute Gasteiger partial charge is 0.224 e. The summed E-state index contributed by atoms with van der Waals surface area (Å²) in [5.74, 6) is 1.46. The summed E-state index contributed by atoms with van der Waals surface area (Å²) >= 11 is 0. The number of fused-ring (bicyclic) bond motifs is 1. The standard InChI is InChI=1S/C20H23N5O/c1-14-7-8-19(23-22-14)25-11-15(12-25)10-21-20(26)9-16-13-24(2)18-6-4-3-5-17(16)18/h3-8,13,15H,9-12H2,1-2H3,(H,21,26). The molecule has 26 heavy (non-hydrogen) atoms. The Balaban J connectivity index is 1.28. The molecule has 0 aliphatic carbocycles. The summed E-state index contributed by atoms with van der Waals surface area (Å²) in [6.45, 7) is 4.46. The second kappa shape index (κ2) is 6.78. The van der Waals surface area contributed by atoms with E-state index in [1.807, 2.05) is 44.4 Å². The monoisotopic (exact) mass is 349 g/mol. The van der Waals surface area contributed by atoms with E-state index in [1.165, 1.54) is 0 Å². The lowest BCUT2D eigenvalue weighted by atomic mass is 10.00. The Morgan fingerprint density at radius 2 is 2.00 bits per heavy atom. The molecule has 0 saturated carbocycles. The van der Waals surface area contributed by atoms with Gasteiger partial charge in [-0.1, -0.05) is 18.2 Å². The van der Waals surface area contributed by atoms with E-state index in [0.29, 0.717) is 18.9 Å². The minimum atomic E-state index is 0.0786. The number of benzene rings is 1. The molecule has 1 aromatic carbocycles. The topological polar surface area (TPSA) is 63.1 Å². The highest BCUT2D eigenvalue weighted by atomic mass is 16.1. The van der Waals surface area contributed by atoms with E-state index in [4.69, 9.17) is 0 Å². The number of amides is 1. The highest BCUT2D eigenvalue weighted by Crippen LogP contribution is 2.22. The van der Waals surface area contributed by atoms with Gasteiger partial charge in [0.2, 0.25) is 5.91 Å². The normalized spacial score (nSPS) is 14.5. The second-order valence-corrected chi connectivity index (χ2v) is 7.07. The molecule has 4 rings (SSSR count). The molecule has 0 unspecified atom stereocenters. The van der Waals surface area contributed by atoms with E-state index in [1.54, 1.807) is 0 Å². The maximum absolute atomic E-state index is 12.3. The molecule has 1 saturated heterocycles. The highest BCUT2D eigenvalue weighted by molar-refractivity contribution is 5.89. The lowest BCUT2D eigenvalue weighted by molar-refractivity contribution is -0.120. The summed E-state index contributed by atoms with van der Waals surface area (Å²) in [6, 6.07) is 12.2. The van der Waals surface area contributed by atoms with Crippen molar-refractivity contribution in [2.45, 2.75) is 13.3 Å². The first-order chi connectivity index (χ1) is 12.6. The molecule has 0 bridgehead atoms. The van der Waals surface area contributed by atoms with E-state index < -0.39 is 0 Å². The largest absolute Gasteiger partial charge is 0.355 e. The molecule has 3 heterocycles. The number of aryl methyl sites for hydroxylation is 2. The van der Waals surface area contributed by atoms with Crippen LogP contribution in [0.3, 0.4) is 0 Å². The third kappa shape index (κ3) is 3.27. The number of anilines is 1. The quantitative estimate of drug-likeness (QED) is 0.766. The molecule has 0 atom stereocenters. The van der Waals surface area contributed by atoms with Gasteiger partial charge < -0.3 is 14.8 Å². The average molecular weight is 349 g/mol. The maximum atomic E-state index is 12.3. The van der Waals surface area contributed by atoms with Crippen LogP contribution < -0.4 is 10.2 Å². The molecule has 2 aromatic heterocycles. The number of aromatic nitrogens is 3. The molecule has 6 nitrogen and oxygen atoms in total. The highest BCUT2D eigenvalue weighted by Gasteiger charge is 2.28. The summed E-state index contributed by atoms with van der Waals surface area (Å²) < 4.78 is 2.07. The first-order valence-electron chi connectivity index (χ1n) is 8.95. The van der Waals surface area contributed by atoms with Crippen LogP contribution in [0.15, 0.2) is 42.6 Å². The Morgan fingerprint density at radius 3 is 2.77 bits per heavy atom. The van der Waals surface area contributed by atoms with E-state index in [9.17, 15) is 4.79 Å². The van der Waals surface area contributed by atoms with Crippen molar-refractivity contribution < 1.29 is 4.79 Å². The van der Waals surface area contributed by atoms with Gasteiger partial charge in [-0.05, 0) is 30.7 Å². The average Bonchev–Trinajstić information content (AvgIpc) is 2.91. The lowest BCUT2D eigenvalue weighted by Crippen LogP contribution is -2.52. The summed E-state index contributed by atoms with van der Waals surface area (Å²) in [4.78, 5) is 14.5. The minimum Gasteiger partial charge on any atom is -0.355 e.